The van der Waals surface area contributed by atoms with Gasteiger partial charge in [0, 0.05) is 0 Å². The summed E-state index contributed by atoms with van der Waals surface area (Å²) in [6, 6.07) is 9.32. The van der Waals surface area contributed by atoms with Crippen molar-refractivity contribution < 1.29 is 9.59 Å². The van der Waals surface area contributed by atoms with E-state index in [0.29, 0.717) is 6.42 Å². The topological polar surface area (TPSA) is 58.2 Å². The summed E-state index contributed by atoms with van der Waals surface area (Å²) in [5, 5.41) is 5.42. The predicted molar refractivity (Wildman–Crippen MR) is 59.6 cm³/mol. The molecule has 4 nitrogen and oxygen atoms in total. The summed E-state index contributed by atoms with van der Waals surface area (Å²) in [7, 11) is 0. The van der Waals surface area contributed by atoms with Gasteiger partial charge in [0.1, 0.15) is 5.54 Å². The molecule has 0 bridgehead atoms. The van der Waals surface area contributed by atoms with Gasteiger partial charge in [-0.2, -0.15) is 0 Å². The second-order valence-corrected chi connectivity index (χ2v) is 3.86. The van der Waals surface area contributed by atoms with Gasteiger partial charge in [-0.25, -0.2) is 0 Å². The van der Waals surface area contributed by atoms with Crippen molar-refractivity contribution in [3.63, 3.8) is 0 Å². The van der Waals surface area contributed by atoms with Crippen LogP contribution in [0.25, 0.3) is 0 Å². The minimum atomic E-state index is -0.906. The summed E-state index contributed by atoms with van der Waals surface area (Å²) in [6.45, 7) is 1.95. The fraction of sp³-hybridized carbons (Fsp3) is 0.333. The maximum Gasteiger partial charge on any atom is 0.250 e. The normalized spacial score (nSPS) is 24.8. The molecule has 0 aliphatic carbocycles. The largest absolute Gasteiger partial charge is 0.345 e. The third kappa shape index (κ3) is 1.56. The summed E-state index contributed by atoms with van der Waals surface area (Å²) < 4.78 is 0. The molecule has 4 heteroatoms. The zero-order valence-corrected chi connectivity index (χ0v) is 9.12. The highest BCUT2D eigenvalue weighted by molar-refractivity contribution is 5.98. The molecule has 2 amide bonds. The first-order valence-electron chi connectivity index (χ1n) is 5.34. The van der Waals surface area contributed by atoms with Crippen LogP contribution in [-0.4, -0.2) is 18.4 Å². The molecule has 0 radical (unpaired) electrons. The Morgan fingerprint density at radius 3 is 2.56 bits per heavy atom. The van der Waals surface area contributed by atoms with Crippen LogP contribution in [0.3, 0.4) is 0 Å². The van der Waals surface area contributed by atoms with Gasteiger partial charge in [0.05, 0.1) is 6.54 Å². The van der Waals surface area contributed by atoms with Crippen LogP contribution in [0.5, 0.6) is 0 Å². The molecule has 16 heavy (non-hydrogen) atoms. The average molecular weight is 218 g/mol. The van der Waals surface area contributed by atoms with E-state index in [0.717, 1.165) is 5.56 Å². The molecule has 1 atom stereocenters. The highest BCUT2D eigenvalue weighted by Gasteiger charge is 2.42. The number of carbonyl (C=O) groups excluding carboxylic acids is 2. The van der Waals surface area contributed by atoms with Crippen LogP contribution in [0.2, 0.25) is 0 Å². The molecule has 84 valence electrons. The second kappa shape index (κ2) is 3.96. The van der Waals surface area contributed by atoms with Crippen molar-refractivity contribution in [3.05, 3.63) is 35.9 Å². The van der Waals surface area contributed by atoms with E-state index in [1.807, 2.05) is 37.3 Å². The standard InChI is InChI=1S/C12H14N2O2/c1-2-12(9-6-4-3-5-7-9)11(16)13-8-10(15)14-12/h3-7H,2,8H2,1H3,(H,13,16)(H,14,15). The molecule has 1 aliphatic rings. The van der Waals surface area contributed by atoms with Gasteiger partial charge >= 0.3 is 0 Å². The molecule has 1 aliphatic heterocycles. The molecule has 1 saturated heterocycles. The maximum atomic E-state index is 12.0. The lowest BCUT2D eigenvalue weighted by Gasteiger charge is -2.36. The van der Waals surface area contributed by atoms with Gasteiger partial charge in [-0.15, -0.1) is 0 Å². The zero-order chi connectivity index (χ0) is 11.6. The minimum Gasteiger partial charge on any atom is -0.345 e. The number of rotatable bonds is 2. The highest BCUT2D eigenvalue weighted by Crippen LogP contribution is 2.26. The monoisotopic (exact) mass is 218 g/mol. The molecule has 2 N–H and O–H groups in total. The third-order valence-electron chi connectivity index (χ3n) is 2.95. The summed E-state index contributed by atoms with van der Waals surface area (Å²) in [6.07, 6.45) is 0.536. The summed E-state index contributed by atoms with van der Waals surface area (Å²) in [4.78, 5) is 23.4. The van der Waals surface area contributed by atoms with Crippen LogP contribution in [-0.2, 0) is 15.1 Å². The minimum absolute atomic E-state index is 0.0629. The van der Waals surface area contributed by atoms with E-state index >= 15 is 0 Å². The molecular weight excluding hydrogens is 204 g/mol. The van der Waals surface area contributed by atoms with Crippen LogP contribution in [0.15, 0.2) is 30.3 Å². The van der Waals surface area contributed by atoms with Crippen molar-refractivity contribution in [2.24, 2.45) is 0 Å². The Balaban J connectivity index is 2.45. The van der Waals surface area contributed by atoms with Gasteiger partial charge in [-0.1, -0.05) is 37.3 Å². The lowest BCUT2D eigenvalue weighted by atomic mass is 9.85. The van der Waals surface area contributed by atoms with Gasteiger partial charge < -0.3 is 10.6 Å². The summed E-state index contributed by atoms with van der Waals surface area (Å²) in [5.41, 5.74) is -0.0839. The van der Waals surface area contributed by atoms with Crippen LogP contribution >= 0.6 is 0 Å². The SMILES string of the molecule is CCC1(c2ccccc2)NC(=O)CNC1=O. The molecule has 0 saturated carbocycles. The zero-order valence-electron chi connectivity index (χ0n) is 9.12. The number of carbonyl (C=O) groups is 2. The van der Waals surface area contributed by atoms with Gasteiger partial charge in [-0.05, 0) is 12.0 Å². The lowest BCUT2D eigenvalue weighted by Crippen LogP contribution is -2.63. The van der Waals surface area contributed by atoms with E-state index in [2.05, 4.69) is 10.6 Å². The Kier molecular flexibility index (Phi) is 2.64. The van der Waals surface area contributed by atoms with E-state index in [-0.39, 0.29) is 18.4 Å². The van der Waals surface area contributed by atoms with Crippen molar-refractivity contribution in [1.82, 2.24) is 10.6 Å². The van der Waals surface area contributed by atoms with Crippen LogP contribution < -0.4 is 10.6 Å². The number of amides is 2. The first kappa shape index (κ1) is 10.7. The van der Waals surface area contributed by atoms with Crippen molar-refractivity contribution in [1.29, 1.82) is 0 Å². The Morgan fingerprint density at radius 1 is 1.25 bits per heavy atom. The molecule has 2 rings (SSSR count). The lowest BCUT2D eigenvalue weighted by molar-refractivity contribution is -0.139. The quantitative estimate of drug-likeness (QED) is 0.761. The van der Waals surface area contributed by atoms with Crippen LogP contribution in [0.1, 0.15) is 18.9 Å². The molecule has 1 heterocycles. The van der Waals surface area contributed by atoms with Crippen molar-refractivity contribution in [3.8, 4) is 0 Å². The number of hydrogen-bond donors (Lipinski definition) is 2. The predicted octanol–water partition coefficient (Wildman–Crippen LogP) is 0.538. The van der Waals surface area contributed by atoms with Gasteiger partial charge in [0.2, 0.25) is 5.91 Å². The van der Waals surface area contributed by atoms with E-state index in [4.69, 9.17) is 0 Å². The number of nitrogens with one attached hydrogen (secondary N) is 2. The molecule has 1 unspecified atom stereocenters. The van der Waals surface area contributed by atoms with Crippen LogP contribution in [0, 0.1) is 0 Å². The Hall–Kier alpha value is -1.84. The molecule has 0 aromatic heterocycles. The smallest absolute Gasteiger partial charge is 0.250 e. The number of benzene rings is 1. The van der Waals surface area contributed by atoms with Crippen molar-refractivity contribution in [2.45, 2.75) is 18.9 Å². The fourth-order valence-electron chi connectivity index (χ4n) is 2.03. The van der Waals surface area contributed by atoms with Crippen molar-refractivity contribution >= 4 is 11.8 Å². The Labute approximate surface area is 94.0 Å². The molecular formula is C12H14N2O2. The molecule has 1 fully saturated rings. The number of piperazine rings is 1. The molecule has 0 spiro atoms. The highest BCUT2D eigenvalue weighted by atomic mass is 16.2. The van der Waals surface area contributed by atoms with E-state index in [1.54, 1.807) is 0 Å². The van der Waals surface area contributed by atoms with Gasteiger partial charge in [0.25, 0.3) is 5.91 Å². The maximum absolute atomic E-state index is 12.0. The first-order valence-corrected chi connectivity index (χ1v) is 5.34. The first-order chi connectivity index (χ1) is 7.69. The average Bonchev–Trinajstić information content (AvgIpc) is 2.33. The fourth-order valence-corrected chi connectivity index (χ4v) is 2.03. The molecule has 1 aromatic rings. The van der Waals surface area contributed by atoms with Gasteiger partial charge in [0.15, 0.2) is 0 Å². The van der Waals surface area contributed by atoms with Gasteiger partial charge in [-0.3, -0.25) is 9.59 Å². The Morgan fingerprint density at radius 2 is 1.94 bits per heavy atom. The van der Waals surface area contributed by atoms with E-state index in [9.17, 15) is 9.59 Å². The second-order valence-electron chi connectivity index (χ2n) is 3.86. The van der Waals surface area contributed by atoms with E-state index < -0.39 is 5.54 Å². The summed E-state index contributed by atoms with van der Waals surface area (Å²) in [5.74, 6) is -0.286. The molecule has 1 aromatic carbocycles. The summed E-state index contributed by atoms with van der Waals surface area (Å²) >= 11 is 0. The Bertz CT molecular complexity index is 416. The third-order valence-corrected chi connectivity index (χ3v) is 2.95. The van der Waals surface area contributed by atoms with Crippen LogP contribution in [0.4, 0.5) is 0 Å². The van der Waals surface area contributed by atoms with E-state index in [1.165, 1.54) is 0 Å². The number of hydrogen-bond acceptors (Lipinski definition) is 2. The van der Waals surface area contributed by atoms with Crippen molar-refractivity contribution in [2.75, 3.05) is 6.54 Å².